The number of nitriles is 1. The predicted molar refractivity (Wildman–Crippen MR) is 99.4 cm³/mol. The van der Waals surface area contributed by atoms with Gasteiger partial charge < -0.3 is 5.32 Å². The van der Waals surface area contributed by atoms with E-state index in [0.29, 0.717) is 5.69 Å². The monoisotopic (exact) mass is 399 g/mol. The highest BCUT2D eigenvalue weighted by Gasteiger charge is 2.34. The molecule has 0 atom stereocenters. The molecule has 0 aliphatic heterocycles. The van der Waals surface area contributed by atoms with Crippen LogP contribution in [-0.2, 0) is 11.6 Å². The van der Waals surface area contributed by atoms with E-state index in [1.807, 2.05) is 0 Å². The lowest BCUT2D eigenvalue weighted by atomic mass is 9.86. The molecule has 0 unspecified atom stereocenters. The summed E-state index contributed by atoms with van der Waals surface area (Å²) >= 11 is 0. The van der Waals surface area contributed by atoms with Gasteiger partial charge in [0.05, 0.1) is 28.9 Å². The number of halogens is 3. The molecule has 0 aliphatic carbocycles. The number of carbonyl (C=O) groups excluding carboxylic acids is 1. The Hall–Kier alpha value is -3.67. The summed E-state index contributed by atoms with van der Waals surface area (Å²) in [6.45, 7) is 3.55. The minimum absolute atomic E-state index is 0.136. The average Bonchev–Trinajstić information content (AvgIpc) is 3.18. The minimum Gasteiger partial charge on any atom is -0.321 e. The van der Waals surface area contributed by atoms with Crippen molar-refractivity contribution in [3.8, 4) is 11.8 Å². The summed E-state index contributed by atoms with van der Waals surface area (Å²) in [4.78, 5) is 12.4. The molecule has 0 radical (unpaired) electrons. The van der Waals surface area contributed by atoms with E-state index < -0.39 is 23.1 Å². The number of benzene rings is 2. The number of anilines is 1. The highest BCUT2D eigenvalue weighted by molar-refractivity contribution is 6.02. The first kappa shape index (κ1) is 20.1. The van der Waals surface area contributed by atoms with Crippen LogP contribution in [0, 0.1) is 11.3 Å². The molecule has 0 bridgehead atoms. The van der Waals surface area contributed by atoms with E-state index in [4.69, 9.17) is 5.26 Å². The fraction of sp³-hybridized carbons (Fsp3) is 0.200. The van der Waals surface area contributed by atoms with Crippen molar-refractivity contribution in [2.75, 3.05) is 5.32 Å². The molecule has 3 rings (SSSR count). The predicted octanol–water partition coefficient (Wildman–Crippen LogP) is 4.34. The van der Waals surface area contributed by atoms with Crippen molar-refractivity contribution in [3.05, 3.63) is 71.5 Å². The van der Waals surface area contributed by atoms with Gasteiger partial charge in [-0.05, 0) is 43.7 Å². The largest absolute Gasteiger partial charge is 0.418 e. The zero-order chi connectivity index (χ0) is 21.2. The minimum atomic E-state index is -4.57. The Morgan fingerprint density at radius 3 is 2.38 bits per heavy atom. The highest BCUT2D eigenvalue weighted by Crippen LogP contribution is 2.33. The van der Waals surface area contributed by atoms with Gasteiger partial charge in [0.1, 0.15) is 0 Å². The van der Waals surface area contributed by atoms with Crippen LogP contribution < -0.4 is 5.32 Å². The Morgan fingerprint density at radius 1 is 1.10 bits per heavy atom. The summed E-state index contributed by atoms with van der Waals surface area (Å²) in [6, 6.07) is 13.8. The Balaban J connectivity index is 1.80. The molecule has 148 valence electrons. The molecular formula is C20H16F3N5O. The van der Waals surface area contributed by atoms with Crippen molar-refractivity contribution in [2.45, 2.75) is 25.4 Å². The van der Waals surface area contributed by atoms with Gasteiger partial charge in [0.2, 0.25) is 0 Å². The summed E-state index contributed by atoms with van der Waals surface area (Å²) in [7, 11) is 0. The number of hydrogen-bond donors (Lipinski definition) is 1. The third-order valence-electron chi connectivity index (χ3n) is 4.33. The van der Waals surface area contributed by atoms with E-state index in [-0.39, 0.29) is 11.4 Å². The van der Waals surface area contributed by atoms with Gasteiger partial charge in [-0.3, -0.25) is 4.79 Å². The van der Waals surface area contributed by atoms with Gasteiger partial charge in [-0.2, -0.15) is 18.4 Å². The molecule has 1 aromatic heterocycles. The molecule has 0 saturated carbocycles. The fourth-order valence-electron chi connectivity index (χ4n) is 2.63. The van der Waals surface area contributed by atoms with Gasteiger partial charge >= 0.3 is 6.18 Å². The number of carbonyl (C=O) groups is 1. The first-order valence-corrected chi connectivity index (χ1v) is 8.54. The Labute approximate surface area is 164 Å². The molecule has 29 heavy (non-hydrogen) atoms. The Bertz CT molecular complexity index is 1080. The van der Waals surface area contributed by atoms with Crippen LogP contribution in [0.15, 0.2) is 54.7 Å². The Kier molecular flexibility index (Phi) is 5.12. The maximum Gasteiger partial charge on any atom is 0.418 e. The molecular weight excluding hydrogens is 383 g/mol. The first-order valence-electron chi connectivity index (χ1n) is 8.54. The van der Waals surface area contributed by atoms with E-state index in [1.54, 1.807) is 38.1 Å². The van der Waals surface area contributed by atoms with Gasteiger partial charge in [-0.1, -0.05) is 29.5 Å². The van der Waals surface area contributed by atoms with Gasteiger partial charge in [0.25, 0.3) is 5.91 Å². The zero-order valence-electron chi connectivity index (χ0n) is 15.5. The lowest BCUT2D eigenvalue weighted by molar-refractivity contribution is -0.137. The second kappa shape index (κ2) is 7.39. The Morgan fingerprint density at radius 2 is 1.76 bits per heavy atom. The number of alkyl halides is 3. The molecule has 1 heterocycles. The first-order chi connectivity index (χ1) is 13.6. The second-order valence-electron chi connectivity index (χ2n) is 6.83. The maximum absolute atomic E-state index is 13.2. The van der Waals surface area contributed by atoms with E-state index >= 15 is 0 Å². The molecule has 1 amide bonds. The SMILES string of the molecule is CC(C)(C#N)c1ccc(NC(=O)c2cn(-c3ccccc3C(F)(F)F)nn2)cc1. The molecule has 9 heteroatoms. The number of para-hydroxylation sites is 1. The smallest absolute Gasteiger partial charge is 0.321 e. The second-order valence-corrected chi connectivity index (χ2v) is 6.83. The van der Waals surface area contributed by atoms with Crippen molar-refractivity contribution >= 4 is 11.6 Å². The molecule has 1 N–H and O–H groups in total. The average molecular weight is 399 g/mol. The van der Waals surface area contributed by atoms with Crippen molar-refractivity contribution in [1.29, 1.82) is 5.26 Å². The van der Waals surface area contributed by atoms with Gasteiger partial charge in [0.15, 0.2) is 5.69 Å². The molecule has 0 saturated heterocycles. The molecule has 0 aliphatic rings. The summed E-state index contributed by atoms with van der Waals surface area (Å²) in [6.07, 6.45) is -3.43. The number of amides is 1. The topological polar surface area (TPSA) is 83.6 Å². The van der Waals surface area contributed by atoms with Crippen LogP contribution in [0.3, 0.4) is 0 Å². The van der Waals surface area contributed by atoms with Crippen LogP contribution in [0.1, 0.15) is 35.5 Å². The number of aromatic nitrogens is 3. The summed E-state index contributed by atoms with van der Waals surface area (Å²) in [5.74, 6) is -0.618. The molecule has 6 nitrogen and oxygen atoms in total. The van der Waals surface area contributed by atoms with E-state index in [0.717, 1.165) is 22.5 Å². The standard InChI is InChI=1S/C20H16F3N5O/c1-19(2,12-24)13-7-9-14(10-8-13)25-18(29)16-11-28(27-26-16)17-6-4-3-5-15(17)20(21,22)23/h3-11H,1-2H3,(H,25,29). The van der Waals surface area contributed by atoms with E-state index in [2.05, 4.69) is 21.7 Å². The zero-order valence-corrected chi connectivity index (χ0v) is 15.5. The van der Waals surface area contributed by atoms with Crippen molar-refractivity contribution in [1.82, 2.24) is 15.0 Å². The van der Waals surface area contributed by atoms with Gasteiger partial charge in [-0.15, -0.1) is 5.10 Å². The number of hydrogen-bond acceptors (Lipinski definition) is 4. The van der Waals surface area contributed by atoms with Crippen LogP contribution in [0.25, 0.3) is 5.69 Å². The normalized spacial score (nSPS) is 11.7. The van der Waals surface area contributed by atoms with Crippen molar-refractivity contribution in [2.24, 2.45) is 0 Å². The van der Waals surface area contributed by atoms with Crippen LogP contribution >= 0.6 is 0 Å². The third-order valence-corrected chi connectivity index (χ3v) is 4.33. The van der Waals surface area contributed by atoms with Crippen LogP contribution in [0.5, 0.6) is 0 Å². The van der Waals surface area contributed by atoms with E-state index in [1.165, 1.54) is 18.2 Å². The molecule has 3 aromatic rings. The van der Waals surface area contributed by atoms with Crippen LogP contribution in [0.4, 0.5) is 18.9 Å². The molecule has 0 spiro atoms. The van der Waals surface area contributed by atoms with Gasteiger partial charge in [-0.25, -0.2) is 4.68 Å². The summed E-state index contributed by atoms with van der Waals surface area (Å²) < 4.78 is 40.4. The van der Waals surface area contributed by atoms with Gasteiger partial charge in [0, 0.05) is 5.69 Å². The summed E-state index contributed by atoms with van der Waals surface area (Å²) in [5, 5.41) is 19.1. The fourth-order valence-corrected chi connectivity index (χ4v) is 2.63. The lowest BCUT2D eigenvalue weighted by Gasteiger charge is -2.16. The maximum atomic E-state index is 13.2. The third kappa shape index (κ3) is 4.27. The van der Waals surface area contributed by atoms with Crippen LogP contribution in [-0.4, -0.2) is 20.9 Å². The van der Waals surface area contributed by atoms with Crippen molar-refractivity contribution < 1.29 is 18.0 Å². The van der Waals surface area contributed by atoms with Crippen LogP contribution in [0.2, 0.25) is 0 Å². The molecule has 0 fully saturated rings. The molecule has 2 aromatic carbocycles. The van der Waals surface area contributed by atoms with E-state index in [9.17, 15) is 18.0 Å². The summed E-state index contributed by atoms with van der Waals surface area (Å²) in [5.41, 5.74) is -0.673. The number of rotatable bonds is 4. The number of nitrogens with zero attached hydrogens (tertiary/aromatic N) is 4. The lowest BCUT2D eigenvalue weighted by Crippen LogP contribution is -2.15. The number of nitrogens with one attached hydrogen (secondary N) is 1. The quantitative estimate of drug-likeness (QED) is 0.707. The highest BCUT2D eigenvalue weighted by atomic mass is 19.4. The van der Waals surface area contributed by atoms with Crippen molar-refractivity contribution in [3.63, 3.8) is 0 Å².